The van der Waals surface area contributed by atoms with Gasteiger partial charge >= 0.3 is 0 Å². The monoisotopic (exact) mass is 459 g/mol. The molecule has 5 rings (SSSR count). The number of thiophene rings is 1. The van der Waals surface area contributed by atoms with Crippen LogP contribution in [0, 0.1) is 5.92 Å². The zero-order valence-electron chi connectivity index (χ0n) is 18.4. The Balaban J connectivity index is 1.41. The summed E-state index contributed by atoms with van der Waals surface area (Å²) in [5, 5.41) is 6.17. The van der Waals surface area contributed by atoms with E-state index in [-0.39, 0.29) is 11.8 Å². The number of nitrogens with one attached hydrogen (secondary N) is 1. The molecule has 33 heavy (non-hydrogen) atoms. The number of nitrogens with zero attached hydrogens (tertiary/aromatic N) is 4. The van der Waals surface area contributed by atoms with E-state index in [1.807, 2.05) is 36.4 Å². The third kappa shape index (κ3) is 4.58. The molecular formula is C25H25N5O2S. The molecule has 1 aliphatic rings. The summed E-state index contributed by atoms with van der Waals surface area (Å²) < 4.78 is 5.32. The van der Waals surface area contributed by atoms with Crippen LogP contribution in [0.25, 0.3) is 21.3 Å². The summed E-state index contributed by atoms with van der Waals surface area (Å²) >= 11 is 1.63. The fourth-order valence-corrected chi connectivity index (χ4v) is 5.20. The lowest BCUT2D eigenvalue weighted by atomic mass is 9.95. The first-order valence-electron chi connectivity index (χ1n) is 11.0. The van der Waals surface area contributed by atoms with Crippen molar-refractivity contribution in [2.24, 2.45) is 5.92 Å². The van der Waals surface area contributed by atoms with Crippen LogP contribution in [0.2, 0.25) is 0 Å². The number of methoxy groups -OCH3 is 1. The lowest BCUT2D eigenvalue weighted by Crippen LogP contribution is -2.39. The Bertz CT molecular complexity index is 1240. The van der Waals surface area contributed by atoms with Gasteiger partial charge in [-0.25, -0.2) is 15.0 Å². The molecule has 1 fully saturated rings. The lowest BCUT2D eigenvalue weighted by molar-refractivity contribution is -0.120. The molecule has 0 bridgehead atoms. The molecule has 0 saturated carbocycles. The molecule has 1 aromatic carbocycles. The summed E-state index contributed by atoms with van der Waals surface area (Å²) in [5.41, 5.74) is 2.29. The predicted molar refractivity (Wildman–Crippen MR) is 131 cm³/mol. The van der Waals surface area contributed by atoms with E-state index >= 15 is 0 Å². The maximum absolute atomic E-state index is 12.8. The minimum Gasteiger partial charge on any atom is -0.377 e. The van der Waals surface area contributed by atoms with E-state index in [1.54, 1.807) is 24.6 Å². The Morgan fingerprint density at radius 2 is 1.91 bits per heavy atom. The topological polar surface area (TPSA) is 80.2 Å². The number of hydrogen-bond donors (Lipinski definition) is 1. The summed E-state index contributed by atoms with van der Waals surface area (Å²) in [5.74, 6) is 2.18. The smallest absolute Gasteiger partial charge is 0.228 e. The van der Waals surface area contributed by atoms with Gasteiger partial charge in [-0.3, -0.25) is 4.79 Å². The van der Waals surface area contributed by atoms with Gasteiger partial charge < -0.3 is 15.0 Å². The third-order valence-corrected chi connectivity index (χ3v) is 6.77. The van der Waals surface area contributed by atoms with Gasteiger partial charge in [0.15, 0.2) is 5.82 Å². The standard InChI is InChI=1S/C25H25N5O2S/c1-32-15-21-27-23(22-19(16-33-25(22)29-21)17-7-3-2-4-8-17)30-13-10-18(11-14-30)24(31)28-20-9-5-6-12-26-20/h2-9,12,16,18H,10-11,13-15H2,1H3,(H,26,28,31). The van der Waals surface area contributed by atoms with Gasteiger partial charge in [-0.2, -0.15) is 0 Å². The Labute approximate surface area is 196 Å². The van der Waals surface area contributed by atoms with Crippen LogP contribution < -0.4 is 10.2 Å². The van der Waals surface area contributed by atoms with Gasteiger partial charge in [-0.05, 0) is 30.5 Å². The number of amides is 1. The van der Waals surface area contributed by atoms with Crippen molar-refractivity contribution in [3.63, 3.8) is 0 Å². The largest absolute Gasteiger partial charge is 0.377 e. The van der Waals surface area contributed by atoms with Crippen LogP contribution in [0.5, 0.6) is 0 Å². The van der Waals surface area contributed by atoms with Crippen LogP contribution in [0.3, 0.4) is 0 Å². The van der Waals surface area contributed by atoms with E-state index < -0.39 is 0 Å². The molecule has 1 aliphatic heterocycles. The second kappa shape index (κ2) is 9.64. The Hall–Kier alpha value is -3.36. The molecule has 7 nitrogen and oxygen atoms in total. The first-order chi connectivity index (χ1) is 16.2. The number of carbonyl (C=O) groups excluding carboxylic acids is 1. The number of rotatable bonds is 6. The Morgan fingerprint density at radius 3 is 2.64 bits per heavy atom. The van der Waals surface area contributed by atoms with Gasteiger partial charge in [0.25, 0.3) is 0 Å². The molecule has 4 heterocycles. The molecule has 0 atom stereocenters. The van der Waals surface area contributed by atoms with Crippen molar-refractivity contribution < 1.29 is 9.53 Å². The first-order valence-corrected chi connectivity index (χ1v) is 11.9. The Kier molecular flexibility index (Phi) is 6.28. The number of benzene rings is 1. The molecule has 0 spiro atoms. The zero-order valence-corrected chi connectivity index (χ0v) is 19.2. The molecular weight excluding hydrogens is 434 g/mol. The second-order valence-corrected chi connectivity index (χ2v) is 8.92. The number of fused-ring (bicyclic) bond motifs is 1. The van der Waals surface area contributed by atoms with E-state index in [2.05, 4.69) is 32.7 Å². The highest BCUT2D eigenvalue weighted by atomic mass is 32.1. The molecule has 1 amide bonds. The quantitative estimate of drug-likeness (QED) is 0.448. The highest BCUT2D eigenvalue weighted by Gasteiger charge is 2.28. The summed E-state index contributed by atoms with van der Waals surface area (Å²) in [6.45, 7) is 1.87. The number of pyridine rings is 1. The van der Waals surface area contributed by atoms with Crippen molar-refractivity contribution in [1.82, 2.24) is 15.0 Å². The maximum atomic E-state index is 12.8. The van der Waals surface area contributed by atoms with Crippen LogP contribution >= 0.6 is 11.3 Å². The van der Waals surface area contributed by atoms with Gasteiger partial charge in [0, 0.05) is 43.3 Å². The van der Waals surface area contributed by atoms with Crippen molar-refractivity contribution in [2.75, 3.05) is 30.4 Å². The van der Waals surface area contributed by atoms with Crippen LogP contribution in [0.1, 0.15) is 18.7 Å². The first kappa shape index (κ1) is 21.5. The highest BCUT2D eigenvalue weighted by molar-refractivity contribution is 7.17. The molecule has 0 aliphatic carbocycles. The van der Waals surface area contributed by atoms with Crippen molar-refractivity contribution in [3.8, 4) is 11.1 Å². The van der Waals surface area contributed by atoms with Crippen LogP contribution in [-0.4, -0.2) is 41.1 Å². The fourth-order valence-electron chi connectivity index (χ4n) is 4.24. The van der Waals surface area contributed by atoms with Gasteiger partial charge in [-0.15, -0.1) is 11.3 Å². The van der Waals surface area contributed by atoms with Crippen LogP contribution in [0.15, 0.2) is 60.1 Å². The second-order valence-electron chi connectivity index (χ2n) is 8.06. The normalized spacial score (nSPS) is 14.5. The minimum absolute atomic E-state index is 0.0294. The molecule has 1 saturated heterocycles. The van der Waals surface area contributed by atoms with Crippen molar-refractivity contribution >= 4 is 39.1 Å². The lowest BCUT2D eigenvalue weighted by Gasteiger charge is -2.32. The van der Waals surface area contributed by atoms with E-state index in [0.717, 1.165) is 53.1 Å². The summed E-state index contributed by atoms with van der Waals surface area (Å²) in [6.07, 6.45) is 3.20. The number of aromatic nitrogens is 3. The Morgan fingerprint density at radius 1 is 1.12 bits per heavy atom. The maximum Gasteiger partial charge on any atom is 0.228 e. The summed E-state index contributed by atoms with van der Waals surface area (Å²) in [6, 6.07) is 15.9. The number of anilines is 2. The average molecular weight is 460 g/mol. The minimum atomic E-state index is -0.0462. The van der Waals surface area contributed by atoms with Gasteiger partial charge in [0.1, 0.15) is 23.1 Å². The molecule has 3 aromatic heterocycles. The van der Waals surface area contributed by atoms with E-state index in [1.165, 1.54) is 0 Å². The summed E-state index contributed by atoms with van der Waals surface area (Å²) in [4.78, 5) is 29.8. The van der Waals surface area contributed by atoms with Crippen molar-refractivity contribution in [2.45, 2.75) is 19.4 Å². The number of carbonyl (C=O) groups is 1. The van der Waals surface area contributed by atoms with E-state index in [9.17, 15) is 4.79 Å². The van der Waals surface area contributed by atoms with Crippen LogP contribution in [-0.2, 0) is 16.1 Å². The fraction of sp³-hybridized carbons (Fsp3) is 0.280. The molecule has 8 heteroatoms. The molecule has 0 radical (unpaired) electrons. The average Bonchev–Trinajstić information content (AvgIpc) is 3.29. The van der Waals surface area contributed by atoms with Gasteiger partial charge in [0.2, 0.25) is 5.91 Å². The van der Waals surface area contributed by atoms with E-state index in [4.69, 9.17) is 14.7 Å². The zero-order chi connectivity index (χ0) is 22.6. The third-order valence-electron chi connectivity index (χ3n) is 5.90. The molecule has 1 N–H and O–H groups in total. The highest BCUT2D eigenvalue weighted by Crippen LogP contribution is 2.39. The number of ether oxygens (including phenoxy) is 1. The number of hydrogen-bond acceptors (Lipinski definition) is 7. The predicted octanol–water partition coefficient (Wildman–Crippen LogP) is 4.75. The van der Waals surface area contributed by atoms with Crippen LogP contribution in [0.4, 0.5) is 11.6 Å². The number of piperidine rings is 1. The SMILES string of the molecule is COCc1nc(N2CCC(C(=O)Nc3ccccn3)CC2)c2c(-c3ccccc3)csc2n1. The molecule has 4 aromatic rings. The van der Waals surface area contributed by atoms with Gasteiger partial charge in [0.05, 0.1) is 5.39 Å². The summed E-state index contributed by atoms with van der Waals surface area (Å²) in [7, 11) is 1.66. The van der Waals surface area contributed by atoms with Crippen molar-refractivity contribution in [3.05, 3.63) is 65.9 Å². The van der Waals surface area contributed by atoms with Gasteiger partial charge in [-0.1, -0.05) is 36.4 Å². The molecule has 0 unspecified atom stereocenters. The van der Waals surface area contributed by atoms with E-state index in [0.29, 0.717) is 18.2 Å². The molecule has 168 valence electrons. The van der Waals surface area contributed by atoms with Crippen molar-refractivity contribution in [1.29, 1.82) is 0 Å².